The zero-order valence-corrected chi connectivity index (χ0v) is 11.8. The molecule has 0 amide bonds. The van der Waals surface area contributed by atoms with Gasteiger partial charge in [0.25, 0.3) is 0 Å². The molecule has 0 radical (unpaired) electrons. The van der Waals surface area contributed by atoms with Crippen molar-refractivity contribution in [3.8, 4) is 0 Å². The molecule has 0 aliphatic carbocycles. The lowest BCUT2D eigenvalue weighted by Gasteiger charge is -2.18. The highest BCUT2D eigenvalue weighted by atomic mass is 16.6. The first-order chi connectivity index (χ1) is 9.65. The molecule has 7 nitrogen and oxygen atoms in total. The Morgan fingerprint density at radius 3 is 3.00 bits per heavy atom. The number of nitro groups is 1. The summed E-state index contributed by atoms with van der Waals surface area (Å²) in [6.07, 6.45) is 1.95. The smallest absolute Gasteiger partial charge is 0.311 e. The molecule has 20 heavy (non-hydrogen) atoms. The van der Waals surface area contributed by atoms with Gasteiger partial charge in [-0.05, 0) is 18.9 Å². The van der Waals surface area contributed by atoms with Gasteiger partial charge in [0.1, 0.15) is 5.82 Å². The minimum absolute atomic E-state index is 0.0452. The Kier molecular flexibility index (Phi) is 4.73. The van der Waals surface area contributed by atoms with Crippen LogP contribution in [0.1, 0.15) is 19.8 Å². The first kappa shape index (κ1) is 14.5. The van der Waals surface area contributed by atoms with E-state index in [4.69, 9.17) is 4.74 Å². The summed E-state index contributed by atoms with van der Waals surface area (Å²) in [4.78, 5) is 17.1. The van der Waals surface area contributed by atoms with Crippen LogP contribution < -0.4 is 10.2 Å². The number of hydrogen-bond acceptors (Lipinski definition) is 6. The third-order valence-electron chi connectivity index (χ3n) is 3.39. The highest BCUT2D eigenvalue weighted by Gasteiger charge is 2.29. The first-order valence-electron chi connectivity index (χ1n) is 6.82. The third kappa shape index (κ3) is 3.16. The fraction of sp³-hybridized carbons (Fsp3) is 0.615. The molecule has 0 bridgehead atoms. The van der Waals surface area contributed by atoms with E-state index in [1.54, 1.807) is 13.2 Å². The molecule has 1 saturated heterocycles. The number of hydrogen-bond donors (Lipinski definition) is 1. The maximum atomic E-state index is 11.1. The monoisotopic (exact) mass is 280 g/mol. The van der Waals surface area contributed by atoms with Crippen LogP contribution in [-0.2, 0) is 4.74 Å². The highest BCUT2D eigenvalue weighted by molar-refractivity contribution is 5.62. The van der Waals surface area contributed by atoms with E-state index in [-0.39, 0.29) is 16.7 Å². The number of nitrogens with one attached hydrogen (secondary N) is 1. The predicted octanol–water partition coefficient (Wildman–Crippen LogP) is 2.04. The van der Waals surface area contributed by atoms with Crippen molar-refractivity contribution in [2.75, 3.05) is 37.0 Å². The molecule has 1 fully saturated rings. The molecular formula is C13H20N4O3. The molecule has 1 unspecified atom stereocenters. The number of pyridine rings is 1. The molecule has 0 aromatic carbocycles. The van der Waals surface area contributed by atoms with Crippen LogP contribution >= 0.6 is 0 Å². The zero-order chi connectivity index (χ0) is 14.5. The topological polar surface area (TPSA) is 80.5 Å². The van der Waals surface area contributed by atoms with Crippen molar-refractivity contribution in [2.24, 2.45) is 0 Å². The molecule has 1 aliphatic rings. The summed E-state index contributed by atoms with van der Waals surface area (Å²) in [6.45, 7) is 4.22. The van der Waals surface area contributed by atoms with E-state index < -0.39 is 0 Å². The Hall–Kier alpha value is -1.89. The van der Waals surface area contributed by atoms with Crippen LogP contribution in [0.15, 0.2) is 12.1 Å². The van der Waals surface area contributed by atoms with Crippen LogP contribution in [0.3, 0.4) is 0 Å². The molecule has 2 rings (SSSR count). The summed E-state index contributed by atoms with van der Waals surface area (Å²) in [6, 6.07) is 3.17. The van der Waals surface area contributed by atoms with Crippen molar-refractivity contribution in [2.45, 2.75) is 25.9 Å². The second-order valence-electron chi connectivity index (χ2n) is 4.82. The number of ether oxygens (including phenoxy) is 1. The Bertz CT molecular complexity index is 481. The van der Waals surface area contributed by atoms with Crippen molar-refractivity contribution >= 4 is 17.3 Å². The number of anilines is 2. The Morgan fingerprint density at radius 1 is 1.60 bits per heavy atom. The van der Waals surface area contributed by atoms with Crippen molar-refractivity contribution < 1.29 is 9.66 Å². The zero-order valence-electron chi connectivity index (χ0n) is 11.8. The Morgan fingerprint density at radius 2 is 2.40 bits per heavy atom. The van der Waals surface area contributed by atoms with Crippen LogP contribution in [-0.4, -0.2) is 42.8 Å². The van der Waals surface area contributed by atoms with Gasteiger partial charge in [-0.25, -0.2) is 4.98 Å². The van der Waals surface area contributed by atoms with E-state index >= 15 is 0 Å². The second-order valence-corrected chi connectivity index (χ2v) is 4.82. The molecular weight excluding hydrogens is 260 g/mol. The van der Waals surface area contributed by atoms with E-state index in [0.29, 0.717) is 18.2 Å². The maximum absolute atomic E-state index is 11.1. The number of methoxy groups -OCH3 is 1. The molecule has 7 heteroatoms. The summed E-state index contributed by atoms with van der Waals surface area (Å²) >= 11 is 0. The van der Waals surface area contributed by atoms with E-state index in [1.165, 1.54) is 6.07 Å². The number of rotatable bonds is 6. The van der Waals surface area contributed by atoms with E-state index in [9.17, 15) is 10.1 Å². The molecule has 1 N–H and O–H groups in total. The Balaban J connectivity index is 2.25. The second kappa shape index (κ2) is 6.51. The highest BCUT2D eigenvalue weighted by Crippen LogP contribution is 2.30. The average molecular weight is 280 g/mol. The van der Waals surface area contributed by atoms with Gasteiger partial charge in [0, 0.05) is 32.8 Å². The van der Waals surface area contributed by atoms with Gasteiger partial charge in [-0.2, -0.15) is 0 Å². The quantitative estimate of drug-likeness (QED) is 0.634. The fourth-order valence-electron chi connectivity index (χ4n) is 2.28. The summed E-state index contributed by atoms with van der Waals surface area (Å²) in [7, 11) is 1.66. The first-order valence-corrected chi connectivity index (χ1v) is 6.82. The molecule has 1 aromatic heterocycles. The summed E-state index contributed by atoms with van der Waals surface area (Å²) < 4.78 is 5.30. The maximum Gasteiger partial charge on any atom is 0.311 e. The minimum atomic E-state index is -0.383. The third-order valence-corrected chi connectivity index (χ3v) is 3.39. The largest absolute Gasteiger partial charge is 0.380 e. The van der Waals surface area contributed by atoms with Gasteiger partial charge >= 0.3 is 5.69 Å². The van der Waals surface area contributed by atoms with Gasteiger partial charge < -0.3 is 15.0 Å². The van der Waals surface area contributed by atoms with Crippen molar-refractivity contribution in [1.82, 2.24) is 4.98 Å². The normalized spacial score (nSPS) is 18.3. The van der Waals surface area contributed by atoms with Gasteiger partial charge in [0.2, 0.25) is 5.82 Å². The lowest BCUT2D eigenvalue weighted by molar-refractivity contribution is -0.384. The summed E-state index contributed by atoms with van der Waals surface area (Å²) in [5.41, 5.74) is 0.0452. The van der Waals surface area contributed by atoms with Crippen LogP contribution in [0.25, 0.3) is 0 Å². The van der Waals surface area contributed by atoms with E-state index in [1.807, 2.05) is 4.90 Å². The van der Waals surface area contributed by atoms with Crippen molar-refractivity contribution in [3.05, 3.63) is 22.2 Å². The van der Waals surface area contributed by atoms with Crippen molar-refractivity contribution in [3.63, 3.8) is 0 Å². The molecule has 110 valence electrons. The number of nitrogens with zero attached hydrogens (tertiary/aromatic N) is 3. The van der Waals surface area contributed by atoms with Crippen LogP contribution in [0.4, 0.5) is 17.3 Å². The van der Waals surface area contributed by atoms with E-state index in [2.05, 4.69) is 17.2 Å². The fourth-order valence-corrected chi connectivity index (χ4v) is 2.28. The molecule has 0 spiro atoms. The van der Waals surface area contributed by atoms with Gasteiger partial charge in [0.15, 0.2) is 0 Å². The van der Waals surface area contributed by atoms with E-state index in [0.717, 1.165) is 25.9 Å². The molecule has 1 atom stereocenters. The van der Waals surface area contributed by atoms with Crippen LogP contribution in [0, 0.1) is 10.1 Å². The molecule has 1 aromatic rings. The van der Waals surface area contributed by atoms with Crippen molar-refractivity contribution in [1.29, 1.82) is 0 Å². The summed E-state index contributed by atoms with van der Waals surface area (Å²) in [5.74, 6) is 1.10. The Labute approximate surface area is 118 Å². The predicted molar refractivity (Wildman–Crippen MR) is 77.3 cm³/mol. The molecule has 0 saturated carbocycles. The number of aromatic nitrogens is 1. The minimum Gasteiger partial charge on any atom is -0.380 e. The van der Waals surface area contributed by atoms with Gasteiger partial charge in [-0.15, -0.1) is 0 Å². The SMILES string of the molecule is CCCNc1ccc([N+](=O)[O-])c(N2CCC(OC)C2)n1. The lowest BCUT2D eigenvalue weighted by atomic mass is 10.3. The molecule has 1 aliphatic heterocycles. The van der Waals surface area contributed by atoms with Gasteiger partial charge in [-0.3, -0.25) is 10.1 Å². The molecule has 2 heterocycles. The summed E-state index contributed by atoms with van der Waals surface area (Å²) in [5, 5.41) is 14.3. The average Bonchev–Trinajstić information content (AvgIpc) is 2.93. The standard InChI is InChI=1S/C13H20N4O3/c1-3-7-14-12-5-4-11(17(18)19)13(15-12)16-8-6-10(9-16)20-2/h4-5,10H,3,6-9H2,1-2H3,(H,14,15). The lowest BCUT2D eigenvalue weighted by Crippen LogP contribution is -2.24. The van der Waals surface area contributed by atoms with Crippen LogP contribution in [0.2, 0.25) is 0 Å². The van der Waals surface area contributed by atoms with Gasteiger partial charge in [0.05, 0.1) is 11.0 Å². The van der Waals surface area contributed by atoms with Gasteiger partial charge in [-0.1, -0.05) is 6.92 Å². The van der Waals surface area contributed by atoms with Crippen LogP contribution in [0.5, 0.6) is 0 Å².